The van der Waals surface area contributed by atoms with E-state index in [9.17, 15) is 0 Å². The maximum atomic E-state index is 5.14. The summed E-state index contributed by atoms with van der Waals surface area (Å²) < 4.78 is 2.33. The monoisotopic (exact) mass is 646 g/mol. The Morgan fingerprint density at radius 2 is 0.941 bits per heavy atom. The molecule has 1 aromatic heterocycles. The average Bonchev–Trinajstić information content (AvgIpc) is 3.59. The summed E-state index contributed by atoms with van der Waals surface area (Å²) in [4.78, 5) is 5.14. The Morgan fingerprint density at radius 1 is 0.353 bits per heavy atom. The summed E-state index contributed by atoms with van der Waals surface area (Å²) in [5, 5.41) is 15.2. The van der Waals surface area contributed by atoms with Crippen LogP contribution in [-0.2, 0) is 0 Å². The molecule has 0 atom stereocenters. The Hall–Kier alpha value is -6.77. The first kappa shape index (κ1) is 28.1. The summed E-state index contributed by atoms with van der Waals surface area (Å²) >= 11 is 0. The van der Waals surface area contributed by atoms with Crippen molar-refractivity contribution in [3.8, 4) is 28.2 Å². The van der Waals surface area contributed by atoms with E-state index in [0.717, 1.165) is 28.1 Å². The quantitative estimate of drug-likeness (QED) is 0.175. The minimum absolute atomic E-state index is 0.942. The van der Waals surface area contributed by atoms with Gasteiger partial charge in [0.1, 0.15) is 5.82 Å². The average molecular weight is 647 g/mol. The molecule has 0 aliphatic heterocycles. The van der Waals surface area contributed by atoms with Crippen LogP contribution in [0.1, 0.15) is 0 Å². The SMILES string of the molecule is c1ccc(-c2nc3ccccc3n2-c2ccc(-c3ccc4c(c3)c3ccccc3c3cccc5ccc6cccc4c6c53)c3ccccc23)cc1. The maximum Gasteiger partial charge on any atom is 0.145 e. The number of nitrogens with zero attached hydrogens (tertiary/aromatic N) is 2. The van der Waals surface area contributed by atoms with Gasteiger partial charge in [-0.15, -0.1) is 0 Å². The van der Waals surface area contributed by atoms with Gasteiger partial charge in [-0.05, 0) is 94.6 Å². The van der Waals surface area contributed by atoms with E-state index in [1.54, 1.807) is 0 Å². The molecular weight excluding hydrogens is 617 g/mol. The van der Waals surface area contributed by atoms with Gasteiger partial charge in [-0.1, -0.05) is 158 Å². The van der Waals surface area contributed by atoms with Gasteiger partial charge in [0, 0.05) is 10.9 Å². The molecule has 51 heavy (non-hydrogen) atoms. The van der Waals surface area contributed by atoms with Gasteiger partial charge in [0.15, 0.2) is 0 Å². The summed E-state index contributed by atoms with van der Waals surface area (Å²) in [5.74, 6) is 0.942. The van der Waals surface area contributed by atoms with E-state index >= 15 is 0 Å². The normalized spacial score (nSPS) is 11.9. The van der Waals surface area contributed by atoms with Crippen molar-refractivity contribution in [3.63, 3.8) is 0 Å². The van der Waals surface area contributed by atoms with Crippen LogP contribution < -0.4 is 0 Å². The lowest BCUT2D eigenvalue weighted by Gasteiger charge is -2.17. The molecule has 0 bridgehead atoms. The first-order valence-corrected chi connectivity index (χ1v) is 17.6. The minimum Gasteiger partial charge on any atom is -0.292 e. The highest BCUT2D eigenvalue weighted by molar-refractivity contribution is 6.33. The van der Waals surface area contributed by atoms with E-state index < -0.39 is 0 Å². The fraction of sp³-hybridized carbons (Fsp3) is 0. The first-order chi connectivity index (χ1) is 25.3. The Morgan fingerprint density at radius 3 is 1.69 bits per heavy atom. The van der Waals surface area contributed by atoms with E-state index in [-0.39, 0.29) is 0 Å². The molecule has 0 unspecified atom stereocenters. The van der Waals surface area contributed by atoms with E-state index in [1.807, 2.05) is 0 Å². The highest BCUT2D eigenvalue weighted by atomic mass is 15.1. The Kier molecular flexibility index (Phi) is 5.99. The zero-order chi connectivity index (χ0) is 33.5. The molecule has 2 nitrogen and oxygen atoms in total. The predicted octanol–water partition coefficient (Wildman–Crippen LogP) is 13.3. The van der Waals surface area contributed by atoms with Crippen molar-refractivity contribution >= 4 is 75.7 Å². The van der Waals surface area contributed by atoms with Crippen LogP contribution in [0, 0.1) is 0 Å². The zero-order valence-corrected chi connectivity index (χ0v) is 27.7. The Labute approximate surface area is 294 Å². The molecule has 0 aliphatic rings. The summed E-state index contributed by atoms with van der Waals surface area (Å²) in [6.45, 7) is 0. The first-order valence-electron chi connectivity index (χ1n) is 17.6. The number of para-hydroxylation sites is 2. The van der Waals surface area contributed by atoms with Crippen molar-refractivity contribution in [2.75, 3.05) is 0 Å². The zero-order valence-electron chi connectivity index (χ0n) is 27.7. The number of imidazole rings is 1. The van der Waals surface area contributed by atoms with Gasteiger partial charge in [0.05, 0.1) is 16.7 Å². The highest BCUT2D eigenvalue weighted by Gasteiger charge is 2.18. The second-order valence-corrected chi connectivity index (χ2v) is 13.5. The third kappa shape index (κ3) is 4.14. The van der Waals surface area contributed by atoms with Crippen LogP contribution in [0.3, 0.4) is 0 Å². The Balaban J connectivity index is 1.22. The number of rotatable bonds is 3. The molecule has 1 heterocycles. The third-order valence-corrected chi connectivity index (χ3v) is 10.7. The van der Waals surface area contributed by atoms with Crippen molar-refractivity contribution in [1.29, 1.82) is 0 Å². The molecule has 11 aromatic rings. The Bertz CT molecular complexity index is 3190. The molecule has 0 N–H and O–H groups in total. The van der Waals surface area contributed by atoms with Gasteiger partial charge in [-0.3, -0.25) is 4.57 Å². The molecule has 0 aliphatic carbocycles. The topological polar surface area (TPSA) is 17.8 Å². The lowest BCUT2D eigenvalue weighted by molar-refractivity contribution is 1.11. The highest BCUT2D eigenvalue weighted by Crippen LogP contribution is 2.42. The number of hydrogen-bond donors (Lipinski definition) is 0. The van der Waals surface area contributed by atoms with E-state index in [0.29, 0.717) is 0 Å². The van der Waals surface area contributed by atoms with Crippen molar-refractivity contribution in [2.45, 2.75) is 0 Å². The van der Waals surface area contributed by atoms with Gasteiger partial charge >= 0.3 is 0 Å². The number of benzene rings is 9. The van der Waals surface area contributed by atoms with E-state index in [2.05, 4.69) is 187 Å². The van der Waals surface area contributed by atoms with Gasteiger partial charge < -0.3 is 0 Å². The van der Waals surface area contributed by atoms with Crippen LogP contribution >= 0.6 is 0 Å². The molecule has 0 spiro atoms. The minimum atomic E-state index is 0.942. The number of fused-ring (bicyclic) bond motifs is 7. The molecule has 0 radical (unpaired) electrons. The van der Waals surface area contributed by atoms with Crippen molar-refractivity contribution in [2.24, 2.45) is 0 Å². The van der Waals surface area contributed by atoms with Crippen LogP contribution in [0.25, 0.3) is 104 Å². The molecule has 0 fully saturated rings. The molecule has 0 saturated carbocycles. The molecule has 11 rings (SSSR count). The molecule has 2 heteroatoms. The predicted molar refractivity (Wildman–Crippen MR) is 217 cm³/mol. The lowest BCUT2D eigenvalue weighted by atomic mass is 9.89. The second kappa shape index (κ2) is 10.9. The summed E-state index contributed by atoms with van der Waals surface area (Å²) in [6, 6.07) is 66.4. The number of hydrogen-bond acceptors (Lipinski definition) is 1. The van der Waals surface area contributed by atoms with Crippen LogP contribution in [0.5, 0.6) is 0 Å². The van der Waals surface area contributed by atoms with Crippen LogP contribution in [0.15, 0.2) is 182 Å². The summed E-state index contributed by atoms with van der Waals surface area (Å²) in [6.07, 6.45) is 0. The number of aromatic nitrogens is 2. The van der Waals surface area contributed by atoms with Gasteiger partial charge in [-0.2, -0.15) is 0 Å². The van der Waals surface area contributed by atoms with Crippen LogP contribution in [-0.4, -0.2) is 9.55 Å². The standard InChI is InChI=1S/C49H30N2/c1-2-12-33(13-3-1)49-50-44-22-8-9-23-46(44)51(49)45-29-28-35(36-16-6-7-19-40(36)45)34-26-27-39-42-21-11-15-32-25-24-31-14-10-20-41(47(31)48(32)42)37-17-4-5-18-38(37)43(39)30-34/h1-30H. The molecule has 0 amide bonds. The molecule has 236 valence electrons. The van der Waals surface area contributed by atoms with Gasteiger partial charge in [0.25, 0.3) is 0 Å². The van der Waals surface area contributed by atoms with Crippen molar-refractivity contribution in [1.82, 2.24) is 9.55 Å². The van der Waals surface area contributed by atoms with E-state index in [1.165, 1.54) is 75.8 Å². The molecule has 10 aromatic carbocycles. The lowest BCUT2D eigenvalue weighted by Crippen LogP contribution is -1.99. The van der Waals surface area contributed by atoms with Crippen molar-refractivity contribution < 1.29 is 0 Å². The van der Waals surface area contributed by atoms with E-state index in [4.69, 9.17) is 4.98 Å². The second-order valence-electron chi connectivity index (χ2n) is 13.5. The van der Waals surface area contributed by atoms with Crippen LogP contribution in [0.2, 0.25) is 0 Å². The van der Waals surface area contributed by atoms with Gasteiger partial charge in [-0.25, -0.2) is 4.98 Å². The van der Waals surface area contributed by atoms with Gasteiger partial charge in [0.2, 0.25) is 0 Å². The smallest absolute Gasteiger partial charge is 0.145 e. The van der Waals surface area contributed by atoms with Crippen LogP contribution in [0.4, 0.5) is 0 Å². The summed E-state index contributed by atoms with van der Waals surface area (Å²) in [7, 11) is 0. The summed E-state index contributed by atoms with van der Waals surface area (Å²) in [5.41, 5.74) is 6.70. The molecule has 0 saturated heterocycles. The van der Waals surface area contributed by atoms with Crippen molar-refractivity contribution in [3.05, 3.63) is 182 Å². The fourth-order valence-electron chi connectivity index (χ4n) is 8.51. The molecular formula is C49H30N2. The fourth-order valence-corrected chi connectivity index (χ4v) is 8.51. The maximum absolute atomic E-state index is 5.14. The third-order valence-electron chi connectivity index (χ3n) is 10.7. The largest absolute Gasteiger partial charge is 0.292 e.